The van der Waals surface area contributed by atoms with Crippen molar-refractivity contribution in [2.45, 2.75) is 51.1 Å². The van der Waals surface area contributed by atoms with Gasteiger partial charge in [-0.1, -0.05) is 12.1 Å². The molecule has 30 heavy (non-hydrogen) atoms. The van der Waals surface area contributed by atoms with E-state index in [4.69, 9.17) is 0 Å². The first-order valence-electron chi connectivity index (χ1n) is 10.1. The molecule has 1 saturated carbocycles. The molecule has 1 aromatic carbocycles. The Bertz CT molecular complexity index is 808. The highest BCUT2D eigenvalue weighted by Gasteiger charge is 2.29. The lowest BCUT2D eigenvalue weighted by molar-refractivity contribution is -0.122. The molecule has 170 valence electrons. The second-order valence-corrected chi connectivity index (χ2v) is 9.44. The summed E-state index contributed by atoms with van der Waals surface area (Å²) in [7, 11) is -1.90. The van der Waals surface area contributed by atoms with Gasteiger partial charge in [-0.05, 0) is 51.3 Å². The van der Waals surface area contributed by atoms with Crippen LogP contribution in [0.4, 0.5) is 0 Å². The van der Waals surface area contributed by atoms with Gasteiger partial charge < -0.3 is 16.0 Å². The van der Waals surface area contributed by atoms with Crippen LogP contribution in [0.15, 0.2) is 34.2 Å². The number of amides is 1. The largest absolute Gasteiger partial charge is 0.357 e. The number of nitrogens with zero attached hydrogens (tertiary/aromatic N) is 2. The summed E-state index contributed by atoms with van der Waals surface area (Å²) in [6.07, 6.45) is 1.99. The zero-order chi connectivity index (χ0) is 21.4. The number of halogens is 1. The van der Waals surface area contributed by atoms with E-state index < -0.39 is 10.0 Å². The van der Waals surface area contributed by atoms with Gasteiger partial charge in [-0.3, -0.25) is 4.79 Å². The van der Waals surface area contributed by atoms with Crippen LogP contribution >= 0.6 is 24.0 Å². The molecule has 1 aliphatic rings. The number of carbonyl (C=O) groups is 1. The number of guanidine groups is 1. The Labute approximate surface area is 197 Å². The third-order valence-corrected chi connectivity index (χ3v) is 6.80. The molecule has 0 unspecified atom stereocenters. The highest BCUT2D eigenvalue weighted by Crippen LogP contribution is 2.28. The first-order chi connectivity index (χ1) is 13.8. The molecule has 8 nitrogen and oxygen atoms in total. The minimum atomic E-state index is -3.48. The molecule has 1 amide bonds. The van der Waals surface area contributed by atoms with E-state index in [1.165, 1.54) is 4.31 Å². The molecule has 0 atom stereocenters. The number of rotatable bonds is 10. The number of aliphatic imine (C=N–C) groups is 1. The third kappa shape index (κ3) is 8.03. The Morgan fingerprint density at radius 3 is 2.27 bits per heavy atom. The predicted octanol–water partition coefficient (Wildman–Crippen LogP) is 1.91. The van der Waals surface area contributed by atoms with Gasteiger partial charge in [0.2, 0.25) is 15.9 Å². The fourth-order valence-electron chi connectivity index (χ4n) is 2.58. The minimum absolute atomic E-state index is 0. The van der Waals surface area contributed by atoms with Crippen molar-refractivity contribution in [2.75, 3.05) is 26.7 Å². The van der Waals surface area contributed by atoms with Crippen molar-refractivity contribution in [1.82, 2.24) is 20.3 Å². The average Bonchev–Trinajstić information content (AvgIpc) is 3.54. The van der Waals surface area contributed by atoms with E-state index in [9.17, 15) is 13.2 Å². The van der Waals surface area contributed by atoms with E-state index in [1.54, 1.807) is 31.3 Å². The van der Waals surface area contributed by atoms with Crippen molar-refractivity contribution in [3.8, 4) is 0 Å². The summed E-state index contributed by atoms with van der Waals surface area (Å²) in [6, 6.07) is 6.69. The van der Waals surface area contributed by atoms with Crippen LogP contribution < -0.4 is 16.0 Å². The van der Waals surface area contributed by atoms with Crippen LogP contribution in [0.5, 0.6) is 0 Å². The van der Waals surface area contributed by atoms with E-state index in [0.717, 1.165) is 24.9 Å². The predicted molar refractivity (Wildman–Crippen MR) is 130 cm³/mol. The first-order valence-corrected chi connectivity index (χ1v) is 11.6. The molecule has 3 N–H and O–H groups in total. The monoisotopic (exact) mass is 551 g/mol. The van der Waals surface area contributed by atoms with E-state index in [-0.39, 0.29) is 46.7 Å². The van der Waals surface area contributed by atoms with Crippen LogP contribution in [-0.4, -0.2) is 57.3 Å². The number of nitrogens with one attached hydrogen (secondary N) is 3. The fourth-order valence-corrected chi connectivity index (χ4v) is 3.95. The maximum absolute atomic E-state index is 12.5. The lowest BCUT2D eigenvalue weighted by atomic mass is 10.2. The van der Waals surface area contributed by atoms with Crippen molar-refractivity contribution >= 4 is 45.9 Å². The molecule has 1 fully saturated rings. The third-order valence-electron chi connectivity index (χ3n) is 4.76. The molecule has 0 radical (unpaired) electrons. The van der Waals surface area contributed by atoms with Gasteiger partial charge >= 0.3 is 0 Å². The van der Waals surface area contributed by atoms with Gasteiger partial charge in [0, 0.05) is 38.6 Å². The Morgan fingerprint density at radius 2 is 1.73 bits per heavy atom. The van der Waals surface area contributed by atoms with Crippen LogP contribution in [-0.2, 0) is 21.4 Å². The molecular weight excluding hydrogens is 517 g/mol. The molecule has 0 saturated heterocycles. The van der Waals surface area contributed by atoms with Gasteiger partial charge in [-0.2, -0.15) is 4.31 Å². The maximum atomic E-state index is 12.5. The van der Waals surface area contributed by atoms with Crippen molar-refractivity contribution in [3.05, 3.63) is 29.8 Å². The average molecular weight is 551 g/mol. The van der Waals surface area contributed by atoms with Gasteiger partial charge in [-0.15, -0.1) is 24.0 Å². The number of carbonyl (C=O) groups excluding carboxylic acids is 1. The maximum Gasteiger partial charge on any atom is 0.243 e. The zero-order valence-corrected chi connectivity index (χ0v) is 21.3. The number of benzene rings is 1. The van der Waals surface area contributed by atoms with E-state index in [2.05, 4.69) is 20.9 Å². The summed E-state index contributed by atoms with van der Waals surface area (Å²) in [5.74, 6) is 1.00. The minimum Gasteiger partial charge on any atom is -0.357 e. The fraction of sp³-hybridized carbons (Fsp3) is 0.600. The molecule has 1 aromatic rings. The van der Waals surface area contributed by atoms with E-state index in [1.807, 2.05) is 20.8 Å². The van der Waals surface area contributed by atoms with Crippen LogP contribution in [0.25, 0.3) is 0 Å². The summed E-state index contributed by atoms with van der Waals surface area (Å²) in [5, 5.41) is 9.26. The Morgan fingerprint density at radius 1 is 1.13 bits per heavy atom. The second-order valence-electron chi connectivity index (χ2n) is 7.45. The van der Waals surface area contributed by atoms with Crippen LogP contribution in [0.2, 0.25) is 0 Å². The summed E-state index contributed by atoms with van der Waals surface area (Å²) in [4.78, 5) is 16.4. The van der Waals surface area contributed by atoms with Crippen LogP contribution in [0, 0.1) is 5.92 Å². The standard InChI is InChI=1S/C20H33N5O3S.HI/c1-5-21-20(23-13-12-22-19(26)17-8-9-17)24-14-16-6-10-18(11-7-16)29(27,28)25(4)15(2)3;/h6-7,10-11,15,17H,5,8-9,12-14H2,1-4H3,(H,22,26)(H2,21,23,24);1H. The Balaban J connectivity index is 0.00000450. The second kappa shape index (κ2) is 12.5. The van der Waals surface area contributed by atoms with Crippen molar-refractivity contribution in [1.29, 1.82) is 0 Å². The van der Waals surface area contributed by atoms with E-state index in [0.29, 0.717) is 25.6 Å². The highest BCUT2D eigenvalue weighted by molar-refractivity contribution is 14.0. The highest BCUT2D eigenvalue weighted by atomic mass is 127. The summed E-state index contributed by atoms with van der Waals surface area (Å²) >= 11 is 0. The smallest absolute Gasteiger partial charge is 0.243 e. The lowest BCUT2D eigenvalue weighted by Crippen LogP contribution is -2.41. The SMILES string of the molecule is CCNC(=NCc1ccc(S(=O)(=O)N(C)C(C)C)cc1)NCCNC(=O)C1CC1.I. The topological polar surface area (TPSA) is 103 Å². The molecular formula is C20H34IN5O3S. The van der Waals surface area contributed by atoms with Gasteiger partial charge in [0.05, 0.1) is 11.4 Å². The van der Waals surface area contributed by atoms with Gasteiger partial charge in [0.25, 0.3) is 0 Å². The molecule has 10 heteroatoms. The summed E-state index contributed by atoms with van der Waals surface area (Å²) < 4.78 is 26.4. The molecule has 0 bridgehead atoms. The molecule has 0 aromatic heterocycles. The Hall–Kier alpha value is -1.40. The van der Waals surface area contributed by atoms with Crippen molar-refractivity contribution in [3.63, 3.8) is 0 Å². The Kier molecular flexibility index (Phi) is 11.1. The molecule has 2 rings (SSSR count). The molecule has 1 aliphatic carbocycles. The van der Waals surface area contributed by atoms with E-state index >= 15 is 0 Å². The molecule has 0 heterocycles. The number of hydrogen-bond donors (Lipinski definition) is 3. The zero-order valence-electron chi connectivity index (χ0n) is 18.1. The van der Waals surface area contributed by atoms with Crippen molar-refractivity contribution in [2.24, 2.45) is 10.9 Å². The van der Waals surface area contributed by atoms with Crippen molar-refractivity contribution < 1.29 is 13.2 Å². The number of hydrogen-bond acceptors (Lipinski definition) is 4. The van der Waals surface area contributed by atoms with Gasteiger partial charge in [-0.25, -0.2) is 13.4 Å². The molecule has 0 spiro atoms. The summed E-state index contributed by atoms with van der Waals surface area (Å²) in [6.45, 7) is 7.94. The molecule has 0 aliphatic heterocycles. The normalized spacial score (nSPS) is 14.4. The first kappa shape index (κ1) is 26.6. The van der Waals surface area contributed by atoms with Crippen LogP contribution in [0.3, 0.4) is 0 Å². The van der Waals surface area contributed by atoms with Crippen LogP contribution in [0.1, 0.15) is 39.2 Å². The quantitative estimate of drug-likeness (QED) is 0.179. The summed E-state index contributed by atoms with van der Waals surface area (Å²) in [5.41, 5.74) is 0.912. The van der Waals surface area contributed by atoms with Gasteiger partial charge in [0.15, 0.2) is 5.96 Å². The van der Waals surface area contributed by atoms with Gasteiger partial charge in [0.1, 0.15) is 0 Å². The lowest BCUT2D eigenvalue weighted by Gasteiger charge is -2.21. The number of sulfonamides is 1.